The summed E-state index contributed by atoms with van der Waals surface area (Å²) in [6.07, 6.45) is 9.43. The molecule has 1 saturated carbocycles. The fraction of sp³-hybridized carbons (Fsp3) is 0.256. The number of nitrogens with one attached hydrogen (secondary N) is 4. The first kappa shape index (κ1) is 33.0. The van der Waals surface area contributed by atoms with Crippen LogP contribution >= 0.6 is 0 Å². The van der Waals surface area contributed by atoms with E-state index in [9.17, 15) is 0 Å². The van der Waals surface area contributed by atoms with Crippen LogP contribution in [-0.4, -0.2) is 62.8 Å². The van der Waals surface area contributed by atoms with E-state index in [1.807, 2.05) is 66.7 Å². The molecule has 0 amide bonds. The Morgan fingerprint density at radius 1 is 0.528 bits per heavy atom. The summed E-state index contributed by atoms with van der Waals surface area (Å²) < 4.78 is 0. The number of aromatic nitrogens is 8. The van der Waals surface area contributed by atoms with Crippen LogP contribution in [0.4, 0.5) is 0 Å². The van der Waals surface area contributed by atoms with Gasteiger partial charge in [0.2, 0.25) is 0 Å². The van der Waals surface area contributed by atoms with E-state index in [-0.39, 0.29) is 0 Å². The van der Waals surface area contributed by atoms with Crippen LogP contribution in [0.25, 0.3) is 44.1 Å². The van der Waals surface area contributed by atoms with E-state index in [1.165, 1.54) is 12.8 Å². The summed E-state index contributed by atoms with van der Waals surface area (Å²) in [4.78, 5) is 37.5. The lowest BCUT2D eigenvalue weighted by atomic mass is 9.93. The zero-order valence-electron chi connectivity index (χ0n) is 29.7. The van der Waals surface area contributed by atoms with Crippen LogP contribution in [0.3, 0.4) is 0 Å². The Bertz CT molecular complexity index is 2230. The number of rotatable bonds is 12. The second kappa shape index (κ2) is 14.7. The number of hydrogen-bond donors (Lipinski definition) is 4. The van der Waals surface area contributed by atoms with Crippen molar-refractivity contribution in [1.82, 2.24) is 49.7 Å². The van der Waals surface area contributed by atoms with Crippen LogP contribution in [0, 0.1) is 17.8 Å². The van der Waals surface area contributed by atoms with Gasteiger partial charge in [-0.25, -0.2) is 19.9 Å². The molecule has 2 bridgehead atoms. The Labute approximate surface area is 308 Å². The van der Waals surface area contributed by atoms with E-state index in [4.69, 9.17) is 9.97 Å². The number of fused-ring (bicyclic) bond motifs is 6. The average Bonchev–Trinajstić information content (AvgIpc) is 4.02. The van der Waals surface area contributed by atoms with Gasteiger partial charge in [0, 0.05) is 13.1 Å². The number of H-pyrrole nitrogens is 4. The summed E-state index contributed by atoms with van der Waals surface area (Å²) in [5, 5.41) is 0. The maximum absolute atomic E-state index is 4.82. The van der Waals surface area contributed by atoms with Crippen LogP contribution in [-0.2, 0) is 26.2 Å². The quantitative estimate of drug-likeness (QED) is 0.0953. The predicted molar refractivity (Wildman–Crippen MR) is 212 cm³/mol. The van der Waals surface area contributed by atoms with Gasteiger partial charge in [-0.1, -0.05) is 66.8 Å². The predicted octanol–water partition coefficient (Wildman–Crippen LogP) is 8.28. The van der Waals surface area contributed by atoms with E-state index in [0.29, 0.717) is 0 Å². The molecule has 8 aromatic rings. The van der Waals surface area contributed by atoms with E-state index >= 15 is 0 Å². The Hall–Kier alpha value is -5.84. The molecule has 3 unspecified atom stereocenters. The summed E-state index contributed by atoms with van der Waals surface area (Å²) in [7, 11) is 0. The molecule has 4 heterocycles. The standard InChI is InChI=1S/C24H25N5.C19H19N5/c1-2-6-20-19(5-1)25-23(26-20)14-29(13-18-12-16-9-10-17(18)11-16)15-24-27-21-7-3-4-8-22(21)28-24;1-2-11-24(12-18-20-14-7-3-4-8-15(14)21-18)13-19-22-16-9-5-6-10-17(16)23-19/h1-10,16-18H,11-15H2,(H,25,26)(H,27,28);2-10H,1,11-13H2,(H,20,21)(H,22,23). The monoisotopic (exact) mass is 700 g/mol. The van der Waals surface area contributed by atoms with Crippen LogP contribution < -0.4 is 0 Å². The lowest BCUT2D eigenvalue weighted by Gasteiger charge is -2.27. The zero-order valence-corrected chi connectivity index (χ0v) is 29.7. The van der Waals surface area contributed by atoms with Gasteiger partial charge in [-0.15, -0.1) is 6.58 Å². The fourth-order valence-electron chi connectivity index (χ4n) is 8.16. The van der Waals surface area contributed by atoms with Gasteiger partial charge in [0.25, 0.3) is 0 Å². The lowest BCUT2D eigenvalue weighted by molar-refractivity contribution is 0.192. The minimum absolute atomic E-state index is 0.720. The molecule has 4 aromatic heterocycles. The molecular weight excluding hydrogens is 657 g/mol. The van der Waals surface area contributed by atoms with Gasteiger partial charge in [-0.3, -0.25) is 9.80 Å². The van der Waals surface area contributed by atoms with Gasteiger partial charge in [0.15, 0.2) is 0 Å². The van der Waals surface area contributed by atoms with Crippen LogP contribution in [0.1, 0.15) is 36.1 Å². The van der Waals surface area contributed by atoms with Gasteiger partial charge < -0.3 is 19.9 Å². The molecule has 10 nitrogen and oxygen atoms in total. The van der Waals surface area contributed by atoms with Crippen molar-refractivity contribution >= 4 is 44.1 Å². The van der Waals surface area contributed by atoms with Crippen LogP contribution in [0.5, 0.6) is 0 Å². The first-order valence-corrected chi connectivity index (χ1v) is 18.6. The van der Waals surface area contributed by atoms with Gasteiger partial charge in [-0.2, -0.15) is 0 Å². The summed E-state index contributed by atoms with van der Waals surface area (Å²) in [5.41, 5.74) is 8.40. The number of aromatic amines is 4. The van der Waals surface area contributed by atoms with Crippen molar-refractivity contribution in [3.63, 3.8) is 0 Å². The van der Waals surface area contributed by atoms with Crippen LogP contribution in [0.2, 0.25) is 0 Å². The smallest absolute Gasteiger partial charge is 0.121 e. The fourth-order valence-corrected chi connectivity index (χ4v) is 8.16. The first-order valence-electron chi connectivity index (χ1n) is 18.6. The third-order valence-electron chi connectivity index (χ3n) is 10.5. The summed E-state index contributed by atoms with van der Waals surface area (Å²) in [6, 6.07) is 32.7. The van der Waals surface area contributed by atoms with E-state index in [2.05, 4.69) is 94.8 Å². The second-order valence-electron chi connectivity index (χ2n) is 14.5. The molecule has 10 rings (SSSR count). The highest BCUT2D eigenvalue weighted by Gasteiger charge is 2.36. The highest BCUT2D eigenvalue weighted by Crippen LogP contribution is 2.43. The van der Waals surface area contributed by atoms with Crippen molar-refractivity contribution in [2.45, 2.75) is 39.0 Å². The van der Waals surface area contributed by atoms with Gasteiger partial charge in [0.05, 0.1) is 70.3 Å². The molecule has 10 heteroatoms. The molecule has 0 spiro atoms. The normalized spacial score (nSPS) is 17.9. The van der Waals surface area contributed by atoms with Gasteiger partial charge >= 0.3 is 0 Å². The lowest BCUT2D eigenvalue weighted by Crippen LogP contribution is -2.31. The average molecular weight is 701 g/mol. The molecule has 0 radical (unpaired) electrons. The molecule has 3 atom stereocenters. The van der Waals surface area contributed by atoms with Crippen molar-refractivity contribution in [2.75, 3.05) is 13.1 Å². The Morgan fingerprint density at radius 3 is 1.26 bits per heavy atom. The second-order valence-corrected chi connectivity index (χ2v) is 14.5. The minimum Gasteiger partial charge on any atom is -0.341 e. The highest BCUT2D eigenvalue weighted by atomic mass is 15.2. The third-order valence-corrected chi connectivity index (χ3v) is 10.5. The number of para-hydroxylation sites is 8. The summed E-state index contributed by atoms with van der Waals surface area (Å²) >= 11 is 0. The minimum atomic E-state index is 0.720. The van der Waals surface area contributed by atoms with Crippen molar-refractivity contribution < 1.29 is 0 Å². The van der Waals surface area contributed by atoms with E-state index in [1.54, 1.807) is 0 Å². The Morgan fingerprint density at radius 2 is 0.925 bits per heavy atom. The molecule has 2 aliphatic carbocycles. The Kier molecular flexibility index (Phi) is 9.13. The van der Waals surface area contributed by atoms with E-state index in [0.717, 1.165) is 124 Å². The molecule has 0 saturated heterocycles. The summed E-state index contributed by atoms with van der Waals surface area (Å²) in [5.74, 6) is 6.24. The molecule has 1 fully saturated rings. The van der Waals surface area contributed by atoms with Crippen molar-refractivity contribution in [2.24, 2.45) is 17.8 Å². The molecule has 4 N–H and O–H groups in total. The largest absolute Gasteiger partial charge is 0.341 e. The van der Waals surface area contributed by atoms with Gasteiger partial charge in [-0.05, 0) is 79.1 Å². The number of imidazole rings is 4. The highest BCUT2D eigenvalue weighted by molar-refractivity contribution is 5.76. The molecule has 2 aliphatic rings. The molecule has 53 heavy (non-hydrogen) atoms. The number of nitrogens with zero attached hydrogens (tertiary/aromatic N) is 6. The number of allylic oxidation sites excluding steroid dienone is 2. The summed E-state index contributed by atoms with van der Waals surface area (Å²) in [6.45, 7) is 8.78. The van der Waals surface area contributed by atoms with Crippen molar-refractivity contribution in [3.05, 3.63) is 145 Å². The first-order chi connectivity index (χ1) is 26.1. The molecular formula is C43H44N10. The third kappa shape index (κ3) is 7.42. The maximum Gasteiger partial charge on any atom is 0.121 e. The number of benzene rings is 4. The van der Waals surface area contributed by atoms with Crippen LogP contribution in [0.15, 0.2) is 122 Å². The molecule has 0 aliphatic heterocycles. The molecule has 4 aromatic carbocycles. The van der Waals surface area contributed by atoms with Crippen molar-refractivity contribution in [1.29, 1.82) is 0 Å². The topological polar surface area (TPSA) is 121 Å². The van der Waals surface area contributed by atoms with Crippen molar-refractivity contribution in [3.8, 4) is 0 Å². The molecule has 266 valence electrons. The SMILES string of the molecule is C1=CC2CC1CC2CN(Cc1nc2ccccc2[nH]1)Cc1nc2ccccc2[nH]1.C=CCN(Cc1nc2ccccc2[nH]1)Cc1nc2ccccc2[nH]1. The number of hydrogen-bond acceptors (Lipinski definition) is 6. The van der Waals surface area contributed by atoms with E-state index < -0.39 is 0 Å². The van der Waals surface area contributed by atoms with Gasteiger partial charge in [0.1, 0.15) is 23.3 Å². The Balaban J connectivity index is 0.000000143. The maximum atomic E-state index is 4.82. The zero-order chi connectivity index (χ0) is 35.6.